The van der Waals surface area contributed by atoms with Crippen molar-refractivity contribution in [3.8, 4) is 11.5 Å². The minimum Gasteiger partial charge on any atom is -0.497 e. The number of anilines is 2. The number of fused-ring (bicyclic) bond motifs is 2. The Labute approximate surface area is 331 Å². The number of likely N-dealkylation sites (tertiary alicyclic amines) is 1. The Bertz CT molecular complexity index is 2060. The zero-order valence-corrected chi connectivity index (χ0v) is 34.5. The summed E-state index contributed by atoms with van der Waals surface area (Å²) >= 11 is 3.68. The fraction of sp³-hybridized carbons (Fsp3) is 0.372. The molecule has 12 heteroatoms. The number of carbonyl (C=O) groups excluding carboxylic acids is 3. The standard InChI is InChI=1S/C43H48BrN3O7Si/c1-27-40(55(4,5)35-19-17-34(53-3)18-20-35)38(24-39(49)46-22-6-7-32(46)26-48)54-43(27)36-23-30(44)12-21-37(36)47(42(43)51)25-28-8-13-31(14-9-28)45-41(50)29-10-15-33(52-2)16-11-29/h8-21,23,27,32,38,40,48H,6-7,22,24-26H2,1-5H3,(H,45,50)/t27-,32-,38+,40-,43+/m0/s1. The average molecular weight is 827 g/mol. The van der Waals surface area contributed by atoms with E-state index in [0.29, 0.717) is 23.5 Å². The molecule has 3 aliphatic rings. The van der Waals surface area contributed by atoms with Gasteiger partial charge in [-0.1, -0.05) is 65.4 Å². The highest BCUT2D eigenvalue weighted by Gasteiger charge is 2.66. The van der Waals surface area contributed by atoms with Crippen molar-refractivity contribution in [1.29, 1.82) is 0 Å². The maximum absolute atomic E-state index is 15.2. The molecular weight excluding hydrogens is 778 g/mol. The topological polar surface area (TPSA) is 118 Å². The lowest BCUT2D eigenvalue weighted by molar-refractivity contribution is -0.150. The molecule has 2 saturated heterocycles. The minimum atomic E-state index is -2.47. The molecule has 3 amide bonds. The first-order valence-electron chi connectivity index (χ1n) is 18.8. The molecule has 2 N–H and O–H groups in total. The Balaban J connectivity index is 1.20. The third kappa shape index (κ3) is 7.09. The van der Waals surface area contributed by atoms with Crippen molar-refractivity contribution in [3.63, 3.8) is 0 Å². The molecule has 2 fully saturated rings. The van der Waals surface area contributed by atoms with Gasteiger partial charge in [-0.15, -0.1) is 0 Å². The molecule has 1 spiro atoms. The summed E-state index contributed by atoms with van der Waals surface area (Å²) in [5.41, 5.74) is 2.16. The number of methoxy groups -OCH3 is 2. The number of ether oxygens (including phenoxy) is 3. The van der Waals surface area contributed by atoms with E-state index in [1.165, 1.54) is 5.19 Å². The van der Waals surface area contributed by atoms with Crippen molar-refractivity contribution in [3.05, 3.63) is 112 Å². The highest BCUT2D eigenvalue weighted by molar-refractivity contribution is 9.10. The van der Waals surface area contributed by atoms with E-state index < -0.39 is 19.8 Å². The highest BCUT2D eigenvalue weighted by atomic mass is 79.9. The summed E-state index contributed by atoms with van der Waals surface area (Å²) in [5.74, 6) is 0.725. The van der Waals surface area contributed by atoms with Crippen LogP contribution in [0.3, 0.4) is 0 Å². The molecule has 0 saturated carbocycles. The highest BCUT2D eigenvalue weighted by Crippen LogP contribution is 2.60. The van der Waals surface area contributed by atoms with Crippen LogP contribution in [0.5, 0.6) is 11.5 Å². The van der Waals surface area contributed by atoms with Crippen LogP contribution in [0.2, 0.25) is 18.6 Å². The van der Waals surface area contributed by atoms with Gasteiger partial charge < -0.3 is 34.4 Å². The number of aliphatic hydroxyl groups is 1. The minimum absolute atomic E-state index is 0.0497. The zero-order chi connectivity index (χ0) is 39.1. The maximum atomic E-state index is 15.2. The molecule has 0 unspecified atom stereocenters. The molecule has 7 rings (SSSR count). The van der Waals surface area contributed by atoms with Crippen LogP contribution in [0.4, 0.5) is 11.4 Å². The molecular formula is C43H48BrN3O7Si. The van der Waals surface area contributed by atoms with Crippen LogP contribution in [-0.4, -0.2) is 75.3 Å². The summed E-state index contributed by atoms with van der Waals surface area (Å²) in [7, 11) is 0.764. The molecule has 288 valence electrons. The molecule has 5 atom stereocenters. The van der Waals surface area contributed by atoms with E-state index in [4.69, 9.17) is 14.2 Å². The zero-order valence-electron chi connectivity index (χ0n) is 31.9. The smallest absolute Gasteiger partial charge is 0.264 e. The summed E-state index contributed by atoms with van der Waals surface area (Å²) in [6.45, 7) is 7.54. The first-order chi connectivity index (χ1) is 26.4. The first kappa shape index (κ1) is 38.8. The second kappa shape index (κ2) is 15.6. The number of amides is 3. The fourth-order valence-electron chi connectivity index (χ4n) is 9.11. The van der Waals surface area contributed by atoms with Crippen molar-refractivity contribution in [2.75, 3.05) is 37.6 Å². The van der Waals surface area contributed by atoms with E-state index in [0.717, 1.165) is 39.9 Å². The third-order valence-corrected chi connectivity index (χ3v) is 16.8. The number of benzene rings is 4. The van der Waals surface area contributed by atoms with Crippen LogP contribution in [-0.2, 0) is 26.5 Å². The van der Waals surface area contributed by atoms with Gasteiger partial charge in [-0.25, -0.2) is 0 Å². The monoisotopic (exact) mass is 825 g/mol. The summed E-state index contributed by atoms with van der Waals surface area (Å²) in [6.07, 6.45) is 1.22. The van der Waals surface area contributed by atoms with Crippen LogP contribution < -0.4 is 24.9 Å². The molecule has 0 aromatic heterocycles. The van der Waals surface area contributed by atoms with Crippen molar-refractivity contribution < 1.29 is 33.7 Å². The van der Waals surface area contributed by atoms with Crippen LogP contribution in [0.25, 0.3) is 0 Å². The Hall–Kier alpha value is -4.49. The Kier molecular flexibility index (Phi) is 11.0. The lowest BCUT2D eigenvalue weighted by atomic mass is 9.82. The molecule has 0 aliphatic carbocycles. The Morgan fingerprint density at radius 2 is 1.62 bits per heavy atom. The Morgan fingerprint density at radius 1 is 0.964 bits per heavy atom. The lowest BCUT2D eigenvalue weighted by Crippen LogP contribution is -2.52. The second-order valence-corrected chi connectivity index (χ2v) is 21.0. The second-order valence-electron chi connectivity index (χ2n) is 15.4. The van der Waals surface area contributed by atoms with Gasteiger partial charge in [0, 0.05) is 33.7 Å². The largest absolute Gasteiger partial charge is 0.497 e. The predicted molar refractivity (Wildman–Crippen MR) is 219 cm³/mol. The maximum Gasteiger partial charge on any atom is 0.264 e. The predicted octanol–water partition coefficient (Wildman–Crippen LogP) is 6.85. The van der Waals surface area contributed by atoms with Gasteiger partial charge in [-0.3, -0.25) is 14.4 Å². The quantitative estimate of drug-likeness (QED) is 0.159. The third-order valence-electron chi connectivity index (χ3n) is 12.0. The normalized spacial score (nSPS) is 23.3. The van der Waals surface area contributed by atoms with Gasteiger partial charge in [-0.05, 0) is 90.7 Å². The number of halogens is 1. The van der Waals surface area contributed by atoms with Gasteiger partial charge in [0.2, 0.25) is 5.91 Å². The molecule has 3 heterocycles. The van der Waals surface area contributed by atoms with Crippen LogP contribution in [0, 0.1) is 5.92 Å². The van der Waals surface area contributed by atoms with E-state index in [2.05, 4.69) is 53.4 Å². The molecule has 0 radical (unpaired) electrons. The van der Waals surface area contributed by atoms with Crippen molar-refractivity contribution in [2.24, 2.45) is 5.92 Å². The van der Waals surface area contributed by atoms with E-state index in [-0.39, 0.29) is 54.8 Å². The van der Waals surface area contributed by atoms with Crippen LogP contribution >= 0.6 is 15.9 Å². The number of nitrogens with one attached hydrogen (secondary N) is 1. The van der Waals surface area contributed by atoms with E-state index in [1.807, 2.05) is 54.6 Å². The average Bonchev–Trinajstić information content (AvgIpc) is 3.86. The summed E-state index contributed by atoms with van der Waals surface area (Å²) in [5, 5.41) is 14.2. The lowest BCUT2D eigenvalue weighted by Gasteiger charge is -2.37. The van der Waals surface area contributed by atoms with Gasteiger partial charge in [0.15, 0.2) is 5.60 Å². The van der Waals surface area contributed by atoms with Crippen LogP contribution in [0.15, 0.2) is 95.5 Å². The number of rotatable bonds is 11. The number of carbonyl (C=O) groups is 3. The number of nitrogens with zero attached hydrogens (tertiary/aromatic N) is 2. The van der Waals surface area contributed by atoms with Gasteiger partial charge in [0.25, 0.3) is 11.8 Å². The Morgan fingerprint density at radius 3 is 2.25 bits per heavy atom. The van der Waals surface area contributed by atoms with Crippen molar-refractivity contribution >= 4 is 58.3 Å². The molecule has 0 bridgehead atoms. The van der Waals surface area contributed by atoms with Gasteiger partial charge in [0.1, 0.15) is 11.5 Å². The molecule has 10 nitrogen and oxygen atoms in total. The molecule has 3 aliphatic heterocycles. The van der Waals surface area contributed by atoms with Crippen LogP contribution in [0.1, 0.15) is 47.7 Å². The van der Waals surface area contributed by atoms with Gasteiger partial charge >= 0.3 is 0 Å². The molecule has 55 heavy (non-hydrogen) atoms. The van der Waals surface area contributed by atoms with Crippen molar-refractivity contribution in [1.82, 2.24) is 4.90 Å². The first-order valence-corrected chi connectivity index (χ1v) is 22.7. The van der Waals surface area contributed by atoms with Gasteiger partial charge in [0.05, 0.1) is 59.7 Å². The van der Waals surface area contributed by atoms with E-state index >= 15 is 4.79 Å². The summed E-state index contributed by atoms with van der Waals surface area (Å²) in [4.78, 5) is 45.8. The van der Waals surface area contributed by atoms with Gasteiger partial charge in [-0.2, -0.15) is 0 Å². The van der Waals surface area contributed by atoms with E-state index in [1.54, 1.807) is 48.3 Å². The summed E-state index contributed by atoms with van der Waals surface area (Å²) in [6, 6.07) is 28.3. The fourth-order valence-corrected chi connectivity index (χ4v) is 13.5. The van der Waals surface area contributed by atoms with Crippen molar-refractivity contribution in [2.45, 2.75) is 69.1 Å². The number of hydrogen-bond donors (Lipinski definition) is 2. The van der Waals surface area contributed by atoms with E-state index in [9.17, 15) is 14.7 Å². The number of hydrogen-bond acceptors (Lipinski definition) is 7. The SMILES string of the molecule is COc1ccc(C(=O)Nc2ccc(CN3C(=O)[C@]4(O[C@H](CC(=O)N5CCC[C@H]5CO)[C@@H]([Si](C)(C)c5ccc(OC)cc5)[C@@H]4C)c4cc(Br)ccc43)cc2)cc1. The number of aliphatic hydroxyl groups excluding tert-OH is 1. The summed E-state index contributed by atoms with van der Waals surface area (Å²) < 4.78 is 18.7. The molecule has 4 aromatic carbocycles. The molecule has 4 aromatic rings.